The van der Waals surface area contributed by atoms with Gasteiger partial charge in [-0.05, 0) is 30.2 Å². The normalized spacial score (nSPS) is 15.8. The molecule has 0 spiro atoms. The first kappa shape index (κ1) is 25.8. The molecule has 0 saturated carbocycles. The number of carbonyl (C=O) groups is 2. The number of nitrogens with zero attached hydrogens (tertiary/aromatic N) is 1. The van der Waals surface area contributed by atoms with E-state index in [9.17, 15) is 22.8 Å². The van der Waals surface area contributed by atoms with Gasteiger partial charge < -0.3 is 14.8 Å². The molecule has 1 N–H and O–H groups in total. The molecule has 2 aromatic carbocycles. The smallest absolute Gasteiger partial charge is 0.431 e. The van der Waals surface area contributed by atoms with Crippen molar-refractivity contribution in [3.63, 3.8) is 0 Å². The number of hydrogen-bond donors (Lipinski definition) is 1. The van der Waals surface area contributed by atoms with E-state index in [1.54, 1.807) is 36.4 Å². The number of rotatable bonds is 7. The highest BCUT2D eigenvalue weighted by atomic mass is 35.5. The molecule has 0 radical (unpaired) electrons. The Balaban J connectivity index is 2.10. The van der Waals surface area contributed by atoms with Gasteiger partial charge in [0.2, 0.25) is 0 Å². The van der Waals surface area contributed by atoms with Crippen LogP contribution in [0.1, 0.15) is 30.4 Å². The van der Waals surface area contributed by atoms with Gasteiger partial charge in [0.1, 0.15) is 18.9 Å². The van der Waals surface area contributed by atoms with Crippen molar-refractivity contribution in [3.05, 3.63) is 93.3 Å². The molecule has 0 bridgehead atoms. The van der Waals surface area contributed by atoms with Crippen molar-refractivity contribution in [2.75, 3.05) is 6.61 Å². The Bertz CT molecular complexity index is 1220. The number of nitriles is 1. The summed E-state index contributed by atoms with van der Waals surface area (Å²) in [5.74, 6) is -3.71. The minimum atomic E-state index is -4.97. The van der Waals surface area contributed by atoms with Crippen LogP contribution < -0.4 is 5.32 Å². The molecule has 0 amide bonds. The van der Waals surface area contributed by atoms with Gasteiger partial charge in [0.15, 0.2) is 0 Å². The first-order chi connectivity index (χ1) is 16.6. The van der Waals surface area contributed by atoms with E-state index < -0.39 is 41.9 Å². The zero-order chi connectivity index (χ0) is 25.6. The summed E-state index contributed by atoms with van der Waals surface area (Å²) in [5.41, 5.74) is -1.67. The Morgan fingerprint density at radius 1 is 1.06 bits per heavy atom. The topological polar surface area (TPSA) is 88.4 Å². The number of nitrogens with one attached hydrogen (secondary N) is 1. The van der Waals surface area contributed by atoms with Crippen molar-refractivity contribution in [1.82, 2.24) is 5.32 Å². The van der Waals surface area contributed by atoms with E-state index in [1.165, 1.54) is 31.2 Å². The van der Waals surface area contributed by atoms with Gasteiger partial charge in [-0.2, -0.15) is 18.4 Å². The lowest BCUT2D eigenvalue weighted by Gasteiger charge is -2.32. The number of alkyl halides is 3. The number of dihydropyridines is 1. The molecule has 0 aliphatic carbocycles. The number of carbonyl (C=O) groups excluding carboxylic acids is 2. The second-order valence-electron chi connectivity index (χ2n) is 7.54. The fraction of sp³-hybridized carbons (Fsp3) is 0.240. The molecule has 10 heteroatoms. The molecule has 2 aromatic rings. The van der Waals surface area contributed by atoms with Crippen LogP contribution in [0, 0.1) is 11.3 Å². The molecule has 182 valence electrons. The summed E-state index contributed by atoms with van der Waals surface area (Å²) in [7, 11) is 0. The Hall–Kier alpha value is -3.77. The van der Waals surface area contributed by atoms with Crippen LogP contribution in [0.15, 0.2) is 77.1 Å². The van der Waals surface area contributed by atoms with Crippen molar-refractivity contribution in [2.45, 2.75) is 32.0 Å². The number of ether oxygens (including phenoxy) is 2. The third-order valence-electron chi connectivity index (χ3n) is 5.13. The summed E-state index contributed by atoms with van der Waals surface area (Å²) in [6.45, 7) is 0.749. The molecule has 1 unspecified atom stereocenters. The van der Waals surface area contributed by atoms with E-state index in [2.05, 4.69) is 5.32 Å². The molecule has 1 aliphatic rings. The maximum atomic E-state index is 14.0. The second kappa shape index (κ2) is 11.1. The maximum Gasteiger partial charge on any atom is 0.431 e. The highest BCUT2D eigenvalue weighted by Gasteiger charge is 2.47. The third kappa shape index (κ3) is 6.22. The molecule has 0 aromatic heterocycles. The first-order valence-corrected chi connectivity index (χ1v) is 10.8. The van der Waals surface area contributed by atoms with Gasteiger partial charge >= 0.3 is 18.1 Å². The minimum Gasteiger partial charge on any atom is -0.461 e. The molecule has 35 heavy (non-hydrogen) atoms. The lowest BCUT2D eigenvalue weighted by molar-refractivity contribution is -0.142. The lowest BCUT2D eigenvalue weighted by Crippen LogP contribution is -2.38. The quantitative estimate of drug-likeness (QED) is 0.406. The van der Waals surface area contributed by atoms with Crippen LogP contribution in [0.5, 0.6) is 0 Å². The van der Waals surface area contributed by atoms with Gasteiger partial charge in [0.25, 0.3) is 0 Å². The van der Waals surface area contributed by atoms with E-state index in [0.29, 0.717) is 5.56 Å². The summed E-state index contributed by atoms with van der Waals surface area (Å²) in [4.78, 5) is 26.1. The standard InChI is InChI=1S/C25H20ClF3N2O4/c1-15-19(23(32)35-14-16-7-3-2-4-8-16)20(17-9-5-10-18(26)13-17)21(22(31-15)25(27,28)29)24(33)34-12-6-11-30/h2-5,7-10,13,20,31H,6,12,14H2,1H3. The molecule has 6 nitrogen and oxygen atoms in total. The fourth-order valence-corrected chi connectivity index (χ4v) is 3.83. The summed E-state index contributed by atoms with van der Waals surface area (Å²) in [6.07, 6.45) is -5.18. The van der Waals surface area contributed by atoms with Gasteiger partial charge in [-0.25, -0.2) is 9.59 Å². The summed E-state index contributed by atoms with van der Waals surface area (Å²) in [6, 6.07) is 16.3. The second-order valence-corrected chi connectivity index (χ2v) is 7.98. The van der Waals surface area contributed by atoms with Gasteiger partial charge in [0, 0.05) is 10.7 Å². The van der Waals surface area contributed by atoms with Gasteiger partial charge in [-0.3, -0.25) is 0 Å². The number of benzene rings is 2. The highest BCUT2D eigenvalue weighted by Crippen LogP contribution is 2.43. The predicted octanol–water partition coefficient (Wildman–Crippen LogP) is 5.32. The zero-order valence-corrected chi connectivity index (χ0v) is 19.2. The van der Waals surface area contributed by atoms with Crippen molar-refractivity contribution >= 4 is 23.5 Å². The Morgan fingerprint density at radius 3 is 2.37 bits per heavy atom. The van der Waals surface area contributed by atoms with Crippen molar-refractivity contribution < 1.29 is 32.2 Å². The van der Waals surface area contributed by atoms with Crippen molar-refractivity contribution in [1.29, 1.82) is 5.26 Å². The molecular formula is C25H20ClF3N2O4. The van der Waals surface area contributed by atoms with E-state index >= 15 is 0 Å². The average Bonchev–Trinajstić information content (AvgIpc) is 2.82. The average molecular weight is 505 g/mol. The zero-order valence-electron chi connectivity index (χ0n) is 18.5. The maximum absolute atomic E-state index is 14.0. The monoisotopic (exact) mass is 504 g/mol. The number of halogens is 4. The molecule has 1 heterocycles. The van der Waals surface area contributed by atoms with Crippen LogP contribution in [0.25, 0.3) is 0 Å². The molecule has 3 rings (SSSR count). The fourth-order valence-electron chi connectivity index (χ4n) is 3.63. The molecule has 0 saturated heterocycles. The largest absolute Gasteiger partial charge is 0.461 e. The number of hydrogen-bond acceptors (Lipinski definition) is 6. The van der Waals surface area contributed by atoms with Crippen LogP contribution in [0.2, 0.25) is 5.02 Å². The number of allylic oxidation sites excluding steroid dienone is 2. The third-order valence-corrected chi connectivity index (χ3v) is 5.36. The van der Waals surface area contributed by atoms with Crippen molar-refractivity contribution in [2.24, 2.45) is 0 Å². The van der Waals surface area contributed by atoms with E-state index in [-0.39, 0.29) is 34.9 Å². The van der Waals surface area contributed by atoms with Crippen LogP contribution in [-0.4, -0.2) is 24.7 Å². The summed E-state index contributed by atoms with van der Waals surface area (Å²) < 4.78 is 52.5. The Labute approximate surface area is 204 Å². The van der Waals surface area contributed by atoms with Crippen LogP contribution >= 0.6 is 11.6 Å². The van der Waals surface area contributed by atoms with E-state index in [4.69, 9.17) is 26.3 Å². The molecule has 1 aliphatic heterocycles. The van der Waals surface area contributed by atoms with E-state index in [1.807, 2.05) is 0 Å². The van der Waals surface area contributed by atoms with E-state index in [0.717, 1.165) is 0 Å². The molecule has 1 atom stereocenters. The van der Waals surface area contributed by atoms with Crippen LogP contribution in [0.3, 0.4) is 0 Å². The lowest BCUT2D eigenvalue weighted by atomic mass is 9.80. The summed E-state index contributed by atoms with van der Waals surface area (Å²) in [5, 5.41) is 11.1. The first-order valence-electron chi connectivity index (χ1n) is 10.4. The molecule has 0 fully saturated rings. The molecular weight excluding hydrogens is 485 g/mol. The summed E-state index contributed by atoms with van der Waals surface area (Å²) >= 11 is 6.09. The Kier molecular flexibility index (Phi) is 8.20. The Morgan fingerprint density at radius 2 is 1.74 bits per heavy atom. The van der Waals surface area contributed by atoms with Gasteiger partial charge in [-0.15, -0.1) is 0 Å². The van der Waals surface area contributed by atoms with Crippen molar-refractivity contribution in [3.8, 4) is 6.07 Å². The predicted molar refractivity (Wildman–Crippen MR) is 121 cm³/mol. The number of esters is 2. The van der Waals surface area contributed by atoms with Crippen LogP contribution in [-0.2, 0) is 25.7 Å². The van der Waals surface area contributed by atoms with Gasteiger partial charge in [0.05, 0.1) is 29.6 Å². The van der Waals surface area contributed by atoms with Gasteiger partial charge in [-0.1, -0.05) is 54.1 Å². The highest BCUT2D eigenvalue weighted by molar-refractivity contribution is 6.30. The minimum absolute atomic E-state index is 0.128. The SMILES string of the molecule is CC1=C(C(=O)OCc2ccccc2)C(c2cccc(Cl)c2)C(C(=O)OCCC#N)=C(C(F)(F)F)N1. The van der Waals surface area contributed by atoms with Crippen LogP contribution in [0.4, 0.5) is 13.2 Å².